The van der Waals surface area contributed by atoms with E-state index >= 15 is 0 Å². The minimum absolute atomic E-state index is 0.145. The summed E-state index contributed by atoms with van der Waals surface area (Å²) >= 11 is 3.11. The molecule has 0 saturated heterocycles. The lowest BCUT2D eigenvalue weighted by Crippen LogP contribution is -2.14. The summed E-state index contributed by atoms with van der Waals surface area (Å²) in [4.78, 5) is 21.3. The lowest BCUT2D eigenvalue weighted by molar-refractivity contribution is -0.386. The SMILES string of the molecule is COC(=O)COc1c([C@H](C)O)cc(Br)cc1[N+](=O)[O-]. The molecule has 0 aromatic heterocycles. The molecule has 1 rings (SSSR count). The highest BCUT2D eigenvalue weighted by molar-refractivity contribution is 9.10. The lowest BCUT2D eigenvalue weighted by Gasteiger charge is -2.13. The van der Waals surface area contributed by atoms with E-state index < -0.39 is 23.6 Å². The molecule has 1 aromatic carbocycles. The van der Waals surface area contributed by atoms with Crippen molar-refractivity contribution in [3.63, 3.8) is 0 Å². The molecule has 0 bridgehead atoms. The maximum atomic E-state index is 11.0. The third-order valence-electron chi connectivity index (χ3n) is 2.27. The molecule has 0 heterocycles. The number of nitro benzene ring substituents is 1. The van der Waals surface area contributed by atoms with Crippen LogP contribution in [-0.4, -0.2) is 29.7 Å². The molecule has 1 atom stereocenters. The first kappa shape index (κ1) is 15.4. The van der Waals surface area contributed by atoms with Crippen LogP contribution in [-0.2, 0) is 9.53 Å². The van der Waals surface area contributed by atoms with Crippen LogP contribution < -0.4 is 4.74 Å². The van der Waals surface area contributed by atoms with Gasteiger partial charge < -0.3 is 14.6 Å². The maximum Gasteiger partial charge on any atom is 0.343 e. The largest absolute Gasteiger partial charge is 0.475 e. The van der Waals surface area contributed by atoms with Crippen LogP contribution in [0.1, 0.15) is 18.6 Å². The Kier molecular flexibility index (Phi) is 5.25. The van der Waals surface area contributed by atoms with Gasteiger partial charge >= 0.3 is 11.7 Å². The molecule has 104 valence electrons. The summed E-state index contributed by atoms with van der Waals surface area (Å²) in [7, 11) is 1.18. The van der Waals surface area contributed by atoms with Crippen LogP contribution in [0.15, 0.2) is 16.6 Å². The Bertz CT molecular complexity index is 502. The molecule has 0 aliphatic heterocycles. The number of aliphatic hydroxyl groups is 1. The molecular weight excluding hydrogens is 322 g/mol. The van der Waals surface area contributed by atoms with Crippen LogP contribution in [0.2, 0.25) is 0 Å². The number of halogens is 1. The van der Waals surface area contributed by atoms with Gasteiger partial charge in [-0.15, -0.1) is 0 Å². The van der Waals surface area contributed by atoms with Crippen LogP contribution >= 0.6 is 15.9 Å². The number of rotatable bonds is 5. The summed E-state index contributed by atoms with van der Waals surface area (Å²) in [5.74, 6) is -0.817. The minimum Gasteiger partial charge on any atom is -0.475 e. The van der Waals surface area contributed by atoms with E-state index in [4.69, 9.17) is 4.74 Å². The first-order valence-electron chi connectivity index (χ1n) is 5.22. The number of nitrogens with zero attached hydrogens (tertiary/aromatic N) is 1. The van der Waals surface area contributed by atoms with Crippen molar-refractivity contribution >= 4 is 27.6 Å². The van der Waals surface area contributed by atoms with Crippen LogP contribution in [0.4, 0.5) is 5.69 Å². The average Bonchev–Trinajstić information content (AvgIpc) is 2.35. The monoisotopic (exact) mass is 333 g/mol. The van der Waals surface area contributed by atoms with Gasteiger partial charge in [0, 0.05) is 16.1 Å². The lowest BCUT2D eigenvalue weighted by atomic mass is 10.1. The second kappa shape index (κ2) is 6.48. The Morgan fingerprint density at radius 2 is 2.21 bits per heavy atom. The van der Waals surface area contributed by atoms with Gasteiger partial charge in [0.05, 0.1) is 18.1 Å². The summed E-state index contributed by atoms with van der Waals surface area (Å²) in [6.45, 7) is 0.967. The minimum atomic E-state index is -0.983. The number of carbonyl (C=O) groups is 1. The van der Waals surface area contributed by atoms with Gasteiger partial charge in [-0.25, -0.2) is 4.79 Å². The molecule has 0 saturated carbocycles. The third kappa shape index (κ3) is 3.90. The van der Waals surface area contributed by atoms with Gasteiger partial charge in [-0.1, -0.05) is 15.9 Å². The number of benzene rings is 1. The molecule has 0 spiro atoms. The van der Waals surface area contributed by atoms with Crippen LogP contribution in [0.5, 0.6) is 5.75 Å². The van der Waals surface area contributed by atoms with Crippen LogP contribution in [0.25, 0.3) is 0 Å². The Balaban J connectivity index is 3.23. The molecule has 1 N–H and O–H groups in total. The number of aliphatic hydroxyl groups excluding tert-OH is 1. The number of nitro groups is 1. The van der Waals surface area contributed by atoms with Crippen molar-refractivity contribution in [2.75, 3.05) is 13.7 Å². The summed E-state index contributed by atoms with van der Waals surface area (Å²) in [5, 5.41) is 20.6. The molecule has 0 amide bonds. The van der Waals surface area contributed by atoms with Gasteiger partial charge in [0.15, 0.2) is 6.61 Å². The summed E-state index contributed by atoms with van der Waals surface area (Å²) < 4.78 is 9.92. The standard InChI is InChI=1S/C11H12BrNO6/c1-6(14)8-3-7(12)4-9(13(16)17)11(8)19-5-10(15)18-2/h3-4,6,14H,5H2,1-2H3/t6-/m0/s1. The maximum absolute atomic E-state index is 11.0. The molecule has 0 radical (unpaired) electrons. The Labute approximate surface area is 117 Å². The topological polar surface area (TPSA) is 98.9 Å². The quantitative estimate of drug-likeness (QED) is 0.502. The van der Waals surface area contributed by atoms with Crippen LogP contribution in [0, 0.1) is 10.1 Å². The number of carbonyl (C=O) groups excluding carboxylic acids is 1. The fourth-order valence-corrected chi connectivity index (χ4v) is 1.86. The number of ether oxygens (including phenoxy) is 2. The number of esters is 1. The molecule has 19 heavy (non-hydrogen) atoms. The van der Waals surface area contributed by atoms with E-state index in [1.807, 2.05) is 0 Å². The van der Waals surface area contributed by atoms with Gasteiger partial charge in [-0.3, -0.25) is 10.1 Å². The second-order valence-electron chi connectivity index (χ2n) is 3.64. The zero-order valence-corrected chi connectivity index (χ0v) is 11.8. The first-order chi connectivity index (χ1) is 8.86. The highest BCUT2D eigenvalue weighted by Gasteiger charge is 2.24. The fourth-order valence-electron chi connectivity index (χ4n) is 1.39. The predicted molar refractivity (Wildman–Crippen MR) is 68.9 cm³/mol. The highest BCUT2D eigenvalue weighted by Crippen LogP contribution is 2.37. The van der Waals surface area contributed by atoms with E-state index in [0.717, 1.165) is 0 Å². The van der Waals surface area contributed by atoms with Crippen molar-refractivity contribution in [2.45, 2.75) is 13.0 Å². The number of methoxy groups -OCH3 is 1. The predicted octanol–water partition coefficient (Wildman–Crippen LogP) is 1.96. The molecule has 0 aliphatic carbocycles. The van der Waals surface area contributed by atoms with Crippen LogP contribution in [0.3, 0.4) is 0 Å². The number of hydrogen-bond donors (Lipinski definition) is 1. The van der Waals surface area contributed by atoms with E-state index in [2.05, 4.69) is 20.7 Å². The van der Waals surface area contributed by atoms with E-state index in [1.54, 1.807) is 0 Å². The van der Waals surface area contributed by atoms with E-state index in [9.17, 15) is 20.0 Å². The second-order valence-corrected chi connectivity index (χ2v) is 4.56. The molecule has 0 fully saturated rings. The smallest absolute Gasteiger partial charge is 0.343 e. The average molecular weight is 334 g/mol. The normalized spacial score (nSPS) is 11.8. The molecule has 0 unspecified atom stereocenters. The summed E-state index contributed by atoms with van der Waals surface area (Å²) in [5.41, 5.74) is -0.126. The third-order valence-corrected chi connectivity index (χ3v) is 2.73. The van der Waals surface area contributed by atoms with Crippen molar-refractivity contribution in [3.05, 3.63) is 32.3 Å². The zero-order chi connectivity index (χ0) is 14.6. The molecular formula is C11H12BrNO6. The van der Waals surface area contributed by atoms with Gasteiger partial charge in [0.1, 0.15) is 0 Å². The Morgan fingerprint density at radius 1 is 1.58 bits per heavy atom. The molecule has 8 heteroatoms. The van der Waals surface area contributed by atoms with Crippen molar-refractivity contribution in [1.29, 1.82) is 0 Å². The van der Waals surface area contributed by atoms with E-state index in [-0.39, 0.29) is 17.0 Å². The highest BCUT2D eigenvalue weighted by atomic mass is 79.9. The van der Waals surface area contributed by atoms with Gasteiger partial charge in [0.25, 0.3) is 0 Å². The number of hydrogen-bond acceptors (Lipinski definition) is 6. The molecule has 7 nitrogen and oxygen atoms in total. The van der Waals surface area contributed by atoms with Gasteiger partial charge in [-0.2, -0.15) is 0 Å². The molecule has 1 aromatic rings. The zero-order valence-electron chi connectivity index (χ0n) is 10.3. The fraction of sp³-hybridized carbons (Fsp3) is 0.364. The van der Waals surface area contributed by atoms with E-state index in [0.29, 0.717) is 4.47 Å². The summed E-state index contributed by atoms with van der Waals surface area (Å²) in [6.07, 6.45) is -0.983. The summed E-state index contributed by atoms with van der Waals surface area (Å²) in [6, 6.07) is 2.72. The van der Waals surface area contributed by atoms with E-state index in [1.165, 1.54) is 26.2 Å². The van der Waals surface area contributed by atoms with Crippen molar-refractivity contribution in [3.8, 4) is 5.75 Å². The van der Waals surface area contributed by atoms with Gasteiger partial charge in [0.2, 0.25) is 5.75 Å². The first-order valence-corrected chi connectivity index (χ1v) is 6.01. The molecule has 0 aliphatic rings. The Hall–Kier alpha value is -1.67. The van der Waals surface area contributed by atoms with Gasteiger partial charge in [-0.05, 0) is 13.0 Å². The van der Waals surface area contributed by atoms with Crippen molar-refractivity contribution < 1.29 is 24.3 Å². The Morgan fingerprint density at radius 3 is 2.68 bits per heavy atom. The van der Waals surface area contributed by atoms with Crippen molar-refractivity contribution in [1.82, 2.24) is 0 Å². The van der Waals surface area contributed by atoms with Crippen molar-refractivity contribution in [2.24, 2.45) is 0 Å².